The maximum absolute atomic E-state index is 15.2. The molecule has 0 aliphatic carbocycles. The second-order valence-corrected chi connectivity index (χ2v) is 9.64. The summed E-state index contributed by atoms with van der Waals surface area (Å²) in [5.41, 5.74) is 0.135. The molecule has 0 radical (unpaired) electrons. The van der Waals surface area contributed by atoms with Gasteiger partial charge >= 0.3 is 11.4 Å². The number of benzene rings is 1. The molecule has 0 N–H and O–H groups in total. The Hall–Kier alpha value is -2.92. The maximum Gasteiger partial charge on any atom is 0.356 e. The molecule has 0 saturated carbocycles. The average Bonchev–Trinajstić information content (AvgIpc) is 3.25. The number of aryl methyl sites for hydroxylation is 2. The van der Waals surface area contributed by atoms with Gasteiger partial charge in [-0.3, -0.25) is 9.47 Å². The van der Waals surface area contributed by atoms with E-state index < -0.39 is 24.2 Å². The van der Waals surface area contributed by atoms with Crippen LogP contribution in [-0.2, 0) is 31.6 Å². The molecule has 5 rings (SSSR count). The highest BCUT2D eigenvalue weighted by atomic mass is 19.1. The Labute approximate surface area is 200 Å². The molecule has 188 valence electrons. The summed E-state index contributed by atoms with van der Waals surface area (Å²) < 4.78 is 37.6. The van der Waals surface area contributed by atoms with Crippen molar-refractivity contribution in [1.29, 1.82) is 0 Å². The Bertz CT molecular complexity index is 1320. The van der Waals surface area contributed by atoms with Gasteiger partial charge in [0.15, 0.2) is 0 Å². The Morgan fingerprint density at radius 3 is 2.57 bits per heavy atom. The predicted octanol–water partition coefficient (Wildman–Crippen LogP) is 1.92. The summed E-state index contributed by atoms with van der Waals surface area (Å²) in [6.07, 6.45) is 2.22. The normalized spacial score (nSPS) is 23.3. The summed E-state index contributed by atoms with van der Waals surface area (Å²) in [7, 11) is 1.66. The first-order chi connectivity index (χ1) is 16.8. The predicted molar refractivity (Wildman–Crippen MR) is 125 cm³/mol. The lowest BCUT2D eigenvalue weighted by Crippen LogP contribution is -2.49. The van der Waals surface area contributed by atoms with Crippen LogP contribution >= 0.6 is 0 Å². The second-order valence-electron chi connectivity index (χ2n) is 9.64. The molecular formula is C24H30F2N6O3. The molecule has 2 bridgehead atoms. The molecule has 9 nitrogen and oxygen atoms in total. The molecule has 3 unspecified atom stereocenters. The highest BCUT2D eigenvalue weighted by molar-refractivity contribution is 5.26. The first-order valence-corrected chi connectivity index (χ1v) is 12.0. The van der Waals surface area contributed by atoms with E-state index in [4.69, 9.17) is 4.74 Å². The standard InChI is InChI=1S/C24H30F2N6O3/c1-15-28-32-22(29(15)2)27-23(33)31(24(32)34)13-18(26)12-30-19-6-7-20(30)10-21(9-19)35-14-17-5-3-4-16(8-17)11-25/h3-5,8,18-21H,6-7,9-14H2,1-2H3. The first-order valence-electron chi connectivity index (χ1n) is 12.0. The van der Waals surface area contributed by atoms with Gasteiger partial charge in [-0.2, -0.15) is 4.98 Å². The topological polar surface area (TPSA) is 86.7 Å². The van der Waals surface area contributed by atoms with Crippen LogP contribution in [0.3, 0.4) is 0 Å². The minimum Gasteiger partial charge on any atom is -0.373 e. The summed E-state index contributed by atoms with van der Waals surface area (Å²) >= 11 is 0. The van der Waals surface area contributed by atoms with Crippen molar-refractivity contribution in [3.63, 3.8) is 0 Å². The van der Waals surface area contributed by atoms with Gasteiger partial charge < -0.3 is 4.74 Å². The average molecular weight is 489 g/mol. The number of hydrogen-bond donors (Lipinski definition) is 0. The van der Waals surface area contributed by atoms with E-state index in [1.54, 1.807) is 24.6 Å². The van der Waals surface area contributed by atoms with Crippen LogP contribution in [0.4, 0.5) is 8.78 Å². The largest absolute Gasteiger partial charge is 0.373 e. The van der Waals surface area contributed by atoms with Crippen molar-refractivity contribution in [3.05, 3.63) is 62.2 Å². The molecule has 2 aliphatic heterocycles. The lowest BCUT2D eigenvalue weighted by Gasteiger charge is -2.39. The van der Waals surface area contributed by atoms with Crippen LogP contribution in [0.5, 0.6) is 0 Å². The third-order valence-electron chi connectivity index (χ3n) is 7.32. The molecule has 4 heterocycles. The molecular weight excluding hydrogens is 458 g/mol. The summed E-state index contributed by atoms with van der Waals surface area (Å²) in [5.74, 6) is 0.668. The van der Waals surface area contributed by atoms with Crippen LogP contribution in [0.2, 0.25) is 0 Å². The summed E-state index contributed by atoms with van der Waals surface area (Å²) in [6.45, 7) is 1.43. The summed E-state index contributed by atoms with van der Waals surface area (Å²) in [6, 6.07) is 7.74. The first kappa shape index (κ1) is 23.8. The molecule has 2 saturated heterocycles. The SMILES string of the molecule is Cc1nn2c(=O)n(CC(F)CN3C4CCC3CC(OCc3cccc(CF)c3)C4)c(=O)nc2n1C. The van der Waals surface area contributed by atoms with Gasteiger partial charge in [-0.05, 0) is 43.7 Å². The zero-order valence-corrected chi connectivity index (χ0v) is 19.9. The molecule has 11 heteroatoms. The number of hydrogen-bond acceptors (Lipinski definition) is 6. The van der Waals surface area contributed by atoms with Crippen LogP contribution in [0.15, 0.2) is 33.9 Å². The van der Waals surface area contributed by atoms with Gasteiger partial charge in [0.05, 0.1) is 19.3 Å². The van der Waals surface area contributed by atoms with Crippen molar-refractivity contribution < 1.29 is 13.5 Å². The number of fused-ring (bicyclic) bond motifs is 3. The lowest BCUT2D eigenvalue weighted by molar-refractivity contribution is -0.0341. The lowest BCUT2D eigenvalue weighted by atomic mass is 9.99. The zero-order valence-electron chi connectivity index (χ0n) is 19.9. The van der Waals surface area contributed by atoms with E-state index in [2.05, 4.69) is 15.0 Å². The zero-order chi connectivity index (χ0) is 24.7. The van der Waals surface area contributed by atoms with Crippen LogP contribution in [0.25, 0.3) is 5.78 Å². The Kier molecular flexibility index (Phi) is 6.54. The Morgan fingerprint density at radius 1 is 1.14 bits per heavy atom. The molecule has 2 fully saturated rings. The molecule has 3 aromatic rings. The fourth-order valence-electron chi connectivity index (χ4n) is 5.45. The fraction of sp³-hybridized carbons (Fsp3) is 0.583. The quantitative estimate of drug-likeness (QED) is 0.482. The number of ether oxygens (including phenoxy) is 1. The number of halogens is 2. The molecule has 2 aromatic heterocycles. The van der Waals surface area contributed by atoms with E-state index in [1.807, 2.05) is 18.2 Å². The number of piperidine rings is 1. The van der Waals surface area contributed by atoms with Crippen LogP contribution < -0.4 is 11.4 Å². The third-order valence-corrected chi connectivity index (χ3v) is 7.32. The van der Waals surface area contributed by atoms with Crippen molar-refractivity contribution in [3.8, 4) is 0 Å². The highest BCUT2D eigenvalue weighted by Crippen LogP contribution is 2.37. The van der Waals surface area contributed by atoms with Gasteiger partial charge in [0.25, 0.3) is 0 Å². The Morgan fingerprint density at radius 2 is 1.86 bits per heavy atom. The number of rotatable bonds is 8. The van der Waals surface area contributed by atoms with Crippen molar-refractivity contribution >= 4 is 5.78 Å². The van der Waals surface area contributed by atoms with E-state index >= 15 is 4.39 Å². The van der Waals surface area contributed by atoms with Crippen molar-refractivity contribution in [2.45, 2.75) is 76.8 Å². The number of nitrogens with zero attached hydrogens (tertiary/aromatic N) is 6. The van der Waals surface area contributed by atoms with Crippen LogP contribution in [-0.4, -0.2) is 59.5 Å². The fourth-order valence-corrected chi connectivity index (χ4v) is 5.45. The third kappa shape index (κ3) is 4.66. The minimum absolute atomic E-state index is 0.0714. The number of alkyl halides is 2. The minimum atomic E-state index is -1.39. The van der Waals surface area contributed by atoms with Gasteiger partial charge in [0.1, 0.15) is 18.7 Å². The summed E-state index contributed by atoms with van der Waals surface area (Å²) in [4.78, 5) is 31.3. The van der Waals surface area contributed by atoms with E-state index in [0.29, 0.717) is 18.0 Å². The van der Waals surface area contributed by atoms with Gasteiger partial charge in [-0.15, -0.1) is 9.61 Å². The maximum atomic E-state index is 15.2. The van der Waals surface area contributed by atoms with Crippen LogP contribution in [0, 0.1) is 6.92 Å². The van der Waals surface area contributed by atoms with Crippen molar-refractivity contribution in [2.75, 3.05) is 6.54 Å². The van der Waals surface area contributed by atoms with Crippen molar-refractivity contribution in [2.24, 2.45) is 7.05 Å². The van der Waals surface area contributed by atoms with E-state index in [0.717, 1.165) is 40.3 Å². The van der Waals surface area contributed by atoms with Gasteiger partial charge in [0, 0.05) is 25.7 Å². The molecule has 1 aromatic carbocycles. The second kappa shape index (κ2) is 9.62. The smallest absolute Gasteiger partial charge is 0.356 e. The molecule has 0 amide bonds. The monoisotopic (exact) mass is 488 g/mol. The molecule has 3 atom stereocenters. The number of aromatic nitrogens is 5. The molecule has 2 aliphatic rings. The van der Waals surface area contributed by atoms with Gasteiger partial charge in [-0.25, -0.2) is 22.9 Å². The van der Waals surface area contributed by atoms with E-state index in [-0.39, 0.29) is 37.1 Å². The highest BCUT2D eigenvalue weighted by Gasteiger charge is 2.42. The van der Waals surface area contributed by atoms with E-state index in [9.17, 15) is 14.0 Å². The molecule has 35 heavy (non-hydrogen) atoms. The van der Waals surface area contributed by atoms with Crippen molar-refractivity contribution in [1.82, 2.24) is 28.6 Å². The van der Waals surface area contributed by atoms with Crippen LogP contribution in [0.1, 0.15) is 42.6 Å². The van der Waals surface area contributed by atoms with E-state index in [1.165, 1.54) is 0 Å². The Balaban J connectivity index is 1.21. The molecule has 0 spiro atoms. The summed E-state index contributed by atoms with van der Waals surface area (Å²) in [5, 5.41) is 4.11. The van der Waals surface area contributed by atoms with Gasteiger partial charge in [-0.1, -0.05) is 24.3 Å². The van der Waals surface area contributed by atoms with Gasteiger partial charge in [0.2, 0.25) is 5.78 Å².